The fourth-order valence-electron chi connectivity index (χ4n) is 1.86. The minimum atomic E-state index is -0.880. The highest BCUT2D eigenvalue weighted by atomic mass is 27.0. The number of esters is 1. The molecule has 0 aromatic carbocycles. The molecule has 0 aromatic heterocycles. The van der Waals surface area contributed by atoms with Gasteiger partial charge < -0.3 is 9.84 Å². The van der Waals surface area contributed by atoms with Crippen molar-refractivity contribution in [1.82, 2.24) is 0 Å². The van der Waals surface area contributed by atoms with Crippen molar-refractivity contribution in [2.24, 2.45) is 11.8 Å². The molecule has 0 spiro atoms. The molecule has 0 heterocycles. The van der Waals surface area contributed by atoms with E-state index in [9.17, 15) is 9.59 Å². The molecule has 5 heteroatoms. The van der Waals surface area contributed by atoms with Crippen LogP contribution in [0.4, 0.5) is 0 Å². The first-order valence-corrected chi connectivity index (χ1v) is 4.47. The lowest BCUT2D eigenvalue weighted by Gasteiger charge is -2.25. The number of carboxylic acid groups (broad SMARTS) is 1. The van der Waals surface area contributed by atoms with Crippen molar-refractivity contribution in [3.8, 4) is 0 Å². The number of carboxylic acids is 1. The molecule has 0 aliphatic heterocycles. The van der Waals surface area contributed by atoms with Crippen molar-refractivity contribution in [3.63, 3.8) is 0 Å². The molecule has 4 nitrogen and oxygen atoms in total. The first-order valence-electron chi connectivity index (χ1n) is 4.47. The lowest BCUT2D eigenvalue weighted by molar-refractivity contribution is -0.157. The van der Waals surface area contributed by atoms with Crippen LogP contribution < -0.4 is 0 Å². The number of hydrogen-bond donors (Lipinski definition) is 1. The van der Waals surface area contributed by atoms with E-state index in [2.05, 4.69) is 4.74 Å². The van der Waals surface area contributed by atoms with Crippen LogP contribution in [0.2, 0.25) is 0 Å². The predicted molar refractivity (Wildman–Crippen MR) is 55.0 cm³/mol. The monoisotopic (exact) mass is 216 g/mol. The Morgan fingerprint density at radius 1 is 1.21 bits per heavy atom. The number of ether oxygens (including phenoxy) is 1. The number of carbonyl (C=O) groups excluding carboxylic acids is 1. The van der Waals surface area contributed by atoms with Gasteiger partial charge in [0, 0.05) is 0 Å². The Morgan fingerprint density at radius 3 is 2.14 bits per heavy atom. The maximum atomic E-state index is 11.2. The molecule has 2 unspecified atom stereocenters. The van der Waals surface area contributed by atoms with Crippen molar-refractivity contribution in [2.45, 2.75) is 25.7 Å². The second kappa shape index (κ2) is 6.05. The summed E-state index contributed by atoms with van der Waals surface area (Å²) in [4.78, 5) is 22.0. The molecule has 0 radical (unpaired) electrons. The van der Waals surface area contributed by atoms with Gasteiger partial charge in [0.05, 0.1) is 18.9 Å². The van der Waals surface area contributed by atoms with Crippen LogP contribution in [0.5, 0.6) is 0 Å². The molecule has 1 saturated carbocycles. The second-order valence-corrected chi connectivity index (χ2v) is 3.36. The van der Waals surface area contributed by atoms with Crippen molar-refractivity contribution >= 4 is 29.3 Å². The van der Waals surface area contributed by atoms with Gasteiger partial charge >= 0.3 is 11.9 Å². The molecule has 0 saturated heterocycles. The summed E-state index contributed by atoms with van der Waals surface area (Å²) in [5, 5.41) is 8.85. The zero-order valence-electron chi connectivity index (χ0n) is 7.66. The van der Waals surface area contributed by atoms with Gasteiger partial charge in [0.25, 0.3) is 0 Å². The molecule has 1 rings (SSSR count). The summed E-state index contributed by atoms with van der Waals surface area (Å²) in [5.74, 6) is -2.24. The van der Waals surface area contributed by atoms with Crippen LogP contribution in [0.15, 0.2) is 0 Å². The van der Waals surface area contributed by atoms with Gasteiger partial charge in [0.15, 0.2) is 17.4 Å². The van der Waals surface area contributed by atoms with Gasteiger partial charge in [0.2, 0.25) is 0 Å². The highest BCUT2D eigenvalue weighted by molar-refractivity contribution is 5.81. The number of carbonyl (C=O) groups is 2. The molecule has 2 atom stereocenters. The van der Waals surface area contributed by atoms with E-state index in [1.807, 2.05) is 0 Å². The fraction of sp³-hybridized carbons (Fsp3) is 0.778. The van der Waals surface area contributed by atoms with E-state index in [0.717, 1.165) is 12.8 Å². The lowest BCUT2D eigenvalue weighted by atomic mass is 9.79. The van der Waals surface area contributed by atoms with Crippen LogP contribution in [0.1, 0.15) is 25.7 Å². The van der Waals surface area contributed by atoms with Gasteiger partial charge in [-0.3, -0.25) is 9.59 Å². The maximum absolute atomic E-state index is 11.2. The highest BCUT2D eigenvalue weighted by Crippen LogP contribution is 2.30. The summed E-state index contributed by atoms with van der Waals surface area (Å²) in [6.07, 6.45) is 3.05. The molecular weight excluding hydrogens is 199 g/mol. The Hall–Kier alpha value is -0.528. The molecule has 0 amide bonds. The topological polar surface area (TPSA) is 63.6 Å². The first kappa shape index (κ1) is 13.5. The van der Waals surface area contributed by atoms with Gasteiger partial charge in [-0.25, -0.2) is 0 Å². The molecular formula is C9H17AlO4. The van der Waals surface area contributed by atoms with E-state index < -0.39 is 17.8 Å². The molecule has 1 aliphatic carbocycles. The Labute approximate surface area is 93.8 Å². The second-order valence-electron chi connectivity index (χ2n) is 3.36. The Balaban J connectivity index is 0.00000169. The van der Waals surface area contributed by atoms with Crippen molar-refractivity contribution in [2.75, 3.05) is 7.11 Å². The molecule has 1 fully saturated rings. The third-order valence-corrected chi connectivity index (χ3v) is 2.59. The van der Waals surface area contributed by atoms with Crippen LogP contribution in [0, 0.1) is 11.8 Å². The van der Waals surface area contributed by atoms with Gasteiger partial charge in [-0.1, -0.05) is 12.8 Å². The third kappa shape index (κ3) is 3.00. The van der Waals surface area contributed by atoms with Crippen LogP contribution in [-0.4, -0.2) is 41.5 Å². The minimum Gasteiger partial charge on any atom is -0.481 e. The van der Waals surface area contributed by atoms with Crippen molar-refractivity contribution < 1.29 is 19.4 Å². The lowest BCUT2D eigenvalue weighted by Crippen LogP contribution is -2.33. The average Bonchev–Trinajstić information content (AvgIpc) is 2.16. The molecule has 1 aliphatic rings. The molecule has 80 valence electrons. The smallest absolute Gasteiger partial charge is 0.309 e. The van der Waals surface area contributed by atoms with Crippen molar-refractivity contribution in [1.29, 1.82) is 0 Å². The molecule has 0 bridgehead atoms. The van der Waals surface area contributed by atoms with Gasteiger partial charge in [0.1, 0.15) is 0 Å². The summed E-state index contributed by atoms with van der Waals surface area (Å²) >= 11 is 0. The van der Waals surface area contributed by atoms with E-state index in [0.29, 0.717) is 12.8 Å². The van der Waals surface area contributed by atoms with E-state index in [4.69, 9.17) is 5.11 Å². The van der Waals surface area contributed by atoms with Crippen LogP contribution in [-0.2, 0) is 14.3 Å². The number of hydrogen-bond acceptors (Lipinski definition) is 3. The standard InChI is InChI=1S/C9H14O4.Al.3H/c1-13-9(12)7-5-3-2-4-6(7)8(10)11;;;;/h6-7H,2-5H2,1H3,(H,10,11);;;;. The van der Waals surface area contributed by atoms with E-state index in [1.54, 1.807) is 0 Å². The summed E-state index contributed by atoms with van der Waals surface area (Å²) in [5.41, 5.74) is 0. The molecule has 14 heavy (non-hydrogen) atoms. The van der Waals surface area contributed by atoms with E-state index in [1.165, 1.54) is 7.11 Å². The molecule has 0 aromatic rings. The zero-order chi connectivity index (χ0) is 9.84. The van der Waals surface area contributed by atoms with E-state index >= 15 is 0 Å². The summed E-state index contributed by atoms with van der Waals surface area (Å²) in [6.45, 7) is 0. The summed E-state index contributed by atoms with van der Waals surface area (Å²) < 4.78 is 4.57. The van der Waals surface area contributed by atoms with Crippen molar-refractivity contribution in [3.05, 3.63) is 0 Å². The first-order chi connectivity index (χ1) is 6.16. The van der Waals surface area contributed by atoms with Crippen LogP contribution in [0.25, 0.3) is 0 Å². The highest BCUT2D eigenvalue weighted by Gasteiger charge is 2.36. The fourth-order valence-corrected chi connectivity index (χ4v) is 1.86. The summed E-state index contributed by atoms with van der Waals surface area (Å²) in [6, 6.07) is 0. The number of rotatable bonds is 2. The quantitative estimate of drug-likeness (QED) is 0.515. The molecule has 1 N–H and O–H groups in total. The zero-order valence-corrected chi connectivity index (χ0v) is 7.66. The number of methoxy groups -OCH3 is 1. The van der Waals surface area contributed by atoms with Crippen LogP contribution in [0.3, 0.4) is 0 Å². The summed E-state index contributed by atoms with van der Waals surface area (Å²) in [7, 11) is 1.30. The minimum absolute atomic E-state index is 0. The maximum Gasteiger partial charge on any atom is 0.309 e. The SMILES string of the molecule is COC(=O)C1CCCCC1C(=O)O.[AlH3]. The Kier molecular flexibility index (Phi) is 5.82. The van der Waals surface area contributed by atoms with Gasteiger partial charge in [-0.05, 0) is 12.8 Å². The van der Waals surface area contributed by atoms with E-state index in [-0.39, 0.29) is 23.3 Å². The largest absolute Gasteiger partial charge is 0.481 e. The van der Waals surface area contributed by atoms with Gasteiger partial charge in [-0.2, -0.15) is 0 Å². The number of aliphatic carboxylic acids is 1. The van der Waals surface area contributed by atoms with Crippen LogP contribution >= 0.6 is 0 Å². The predicted octanol–water partition coefficient (Wildman–Crippen LogP) is -0.134. The Morgan fingerprint density at radius 2 is 1.71 bits per heavy atom. The van der Waals surface area contributed by atoms with Gasteiger partial charge in [-0.15, -0.1) is 0 Å². The average molecular weight is 216 g/mol. The normalized spacial score (nSPS) is 26.1. The Bertz CT molecular complexity index is 217. The third-order valence-electron chi connectivity index (χ3n) is 2.59.